The molecular weight excluding hydrogens is 488 g/mol. The van der Waals surface area contributed by atoms with Gasteiger partial charge in [-0.25, -0.2) is 8.42 Å². The van der Waals surface area contributed by atoms with Gasteiger partial charge in [-0.1, -0.05) is 60.7 Å². The van der Waals surface area contributed by atoms with Crippen molar-refractivity contribution in [2.75, 3.05) is 13.1 Å². The van der Waals surface area contributed by atoms with Gasteiger partial charge in [-0.05, 0) is 66.8 Å². The third kappa shape index (κ3) is 4.36. The molecule has 4 aromatic rings. The summed E-state index contributed by atoms with van der Waals surface area (Å²) in [5, 5.41) is 3.60. The van der Waals surface area contributed by atoms with Gasteiger partial charge >= 0.3 is 0 Å². The highest BCUT2D eigenvalue weighted by atomic mass is 32.2. The van der Waals surface area contributed by atoms with Crippen LogP contribution in [0.25, 0.3) is 10.8 Å². The first-order valence-electron chi connectivity index (χ1n) is 12.2. The molecule has 0 spiro atoms. The monoisotopic (exact) mass is 518 g/mol. The molecular formula is C29H30N2O3S2. The van der Waals surface area contributed by atoms with Crippen LogP contribution in [0.1, 0.15) is 41.5 Å². The molecule has 1 aliphatic rings. The van der Waals surface area contributed by atoms with Crippen LogP contribution in [0.15, 0.2) is 83.1 Å². The summed E-state index contributed by atoms with van der Waals surface area (Å²) < 4.78 is 29.2. The Bertz CT molecular complexity index is 1520. The summed E-state index contributed by atoms with van der Waals surface area (Å²) in [5.74, 6) is -0.183. The Labute approximate surface area is 217 Å². The highest BCUT2D eigenvalue weighted by molar-refractivity contribution is 7.89. The van der Waals surface area contributed by atoms with Crippen molar-refractivity contribution in [3.05, 3.63) is 99.7 Å². The molecule has 0 bridgehead atoms. The number of amides is 1. The molecule has 0 saturated carbocycles. The van der Waals surface area contributed by atoms with E-state index in [9.17, 15) is 13.2 Å². The number of fused-ring (bicyclic) bond motifs is 2. The van der Waals surface area contributed by atoms with E-state index in [0.717, 1.165) is 28.5 Å². The average Bonchev–Trinajstić information content (AvgIpc) is 3.35. The zero-order valence-corrected chi connectivity index (χ0v) is 22.4. The van der Waals surface area contributed by atoms with Crippen LogP contribution in [-0.4, -0.2) is 42.7 Å². The van der Waals surface area contributed by atoms with Gasteiger partial charge in [0.25, 0.3) is 0 Å². The number of hydrogen-bond acceptors (Lipinski definition) is 4. The lowest BCUT2D eigenvalue weighted by atomic mass is 9.90. The molecule has 0 fully saturated rings. The SMILES string of the molecule is Cc1ccccc1C1c2ccsc2CCN1C(=O)CN(C(C)C)S(=O)(=O)c1cccc2ccccc12. The zero-order valence-electron chi connectivity index (χ0n) is 20.7. The Hall–Kier alpha value is -3.00. The minimum Gasteiger partial charge on any atom is -0.330 e. The second kappa shape index (κ2) is 9.81. The first-order valence-corrected chi connectivity index (χ1v) is 14.5. The molecule has 1 amide bonds. The van der Waals surface area contributed by atoms with E-state index in [4.69, 9.17) is 0 Å². The quantitative estimate of drug-likeness (QED) is 0.325. The molecule has 1 aromatic heterocycles. The van der Waals surface area contributed by atoms with E-state index in [1.54, 1.807) is 23.5 Å². The first kappa shape index (κ1) is 24.7. The van der Waals surface area contributed by atoms with Crippen molar-refractivity contribution < 1.29 is 13.2 Å². The lowest BCUT2D eigenvalue weighted by Gasteiger charge is -2.38. The van der Waals surface area contributed by atoms with Crippen LogP contribution >= 0.6 is 11.3 Å². The van der Waals surface area contributed by atoms with Crippen molar-refractivity contribution in [3.63, 3.8) is 0 Å². The highest BCUT2D eigenvalue weighted by Gasteiger charge is 2.37. The topological polar surface area (TPSA) is 57.7 Å². The maximum absolute atomic E-state index is 13.9. The number of thiophene rings is 1. The summed E-state index contributed by atoms with van der Waals surface area (Å²) in [4.78, 5) is 17.3. The molecule has 5 rings (SSSR count). The van der Waals surface area contributed by atoms with Crippen molar-refractivity contribution in [1.82, 2.24) is 9.21 Å². The smallest absolute Gasteiger partial charge is 0.244 e. The standard InChI is InChI=1S/C29H30N2O3S2/c1-20(2)31(36(33,34)27-14-8-11-22-10-5-7-13-24(22)27)19-28(32)30-17-15-26-25(16-18-35-26)29(30)23-12-6-4-9-21(23)3/h4-14,16,18,20,29H,15,17,19H2,1-3H3. The van der Waals surface area contributed by atoms with Crippen molar-refractivity contribution >= 4 is 38.0 Å². The molecule has 0 aliphatic carbocycles. The fourth-order valence-electron chi connectivity index (χ4n) is 5.13. The lowest BCUT2D eigenvalue weighted by molar-refractivity contribution is -0.133. The Morgan fingerprint density at radius 2 is 1.72 bits per heavy atom. The van der Waals surface area contributed by atoms with Crippen molar-refractivity contribution in [3.8, 4) is 0 Å². The highest BCUT2D eigenvalue weighted by Crippen LogP contribution is 2.39. The molecule has 1 aliphatic heterocycles. The van der Waals surface area contributed by atoms with Crippen molar-refractivity contribution in [1.29, 1.82) is 0 Å². The molecule has 0 N–H and O–H groups in total. The first-order chi connectivity index (χ1) is 17.3. The number of hydrogen-bond donors (Lipinski definition) is 0. The predicted molar refractivity (Wildman–Crippen MR) is 146 cm³/mol. The van der Waals surface area contributed by atoms with Crippen LogP contribution in [-0.2, 0) is 21.2 Å². The number of nitrogens with zero attached hydrogens (tertiary/aromatic N) is 2. The Morgan fingerprint density at radius 1 is 1.00 bits per heavy atom. The van der Waals surface area contributed by atoms with Crippen molar-refractivity contribution in [2.24, 2.45) is 0 Å². The molecule has 186 valence electrons. The Morgan fingerprint density at radius 3 is 2.50 bits per heavy atom. The summed E-state index contributed by atoms with van der Waals surface area (Å²) in [6.45, 7) is 6.06. The van der Waals surface area contributed by atoms with E-state index in [-0.39, 0.29) is 29.4 Å². The molecule has 0 saturated heterocycles. The van der Waals surface area contributed by atoms with Gasteiger partial charge in [0.15, 0.2) is 0 Å². The average molecular weight is 519 g/mol. The maximum atomic E-state index is 13.9. The summed E-state index contributed by atoms with van der Waals surface area (Å²) >= 11 is 1.72. The summed E-state index contributed by atoms with van der Waals surface area (Å²) in [7, 11) is -3.91. The minimum absolute atomic E-state index is 0.183. The third-order valence-corrected chi connectivity index (χ3v) is 10.0. The van der Waals surface area contributed by atoms with E-state index in [1.165, 1.54) is 9.18 Å². The van der Waals surface area contributed by atoms with Crippen LogP contribution in [0.3, 0.4) is 0 Å². The maximum Gasteiger partial charge on any atom is 0.244 e. The lowest BCUT2D eigenvalue weighted by Crippen LogP contribution is -2.48. The van der Waals surface area contributed by atoms with E-state index in [2.05, 4.69) is 30.5 Å². The minimum atomic E-state index is -3.91. The van der Waals surface area contributed by atoms with Gasteiger partial charge in [0.05, 0.1) is 17.5 Å². The number of aryl methyl sites for hydroxylation is 1. The fraction of sp³-hybridized carbons (Fsp3) is 0.276. The van der Waals surface area contributed by atoms with Gasteiger partial charge in [-0.3, -0.25) is 4.79 Å². The van der Waals surface area contributed by atoms with Crippen LogP contribution < -0.4 is 0 Å². The van der Waals surface area contributed by atoms with E-state index >= 15 is 0 Å². The number of sulfonamides is 1. The molecule has 1 atom stereocenters. The summed E-state index contributed by atoms with van der Waals surface area (Å²) in [5.41, 5.74) is 3.34. The second-order valence-electron chi connectivity index (χ2n) is 9.52. The molecule has 1 unspecified atom stereocenters. The second-order valence-corrected chi connectivity index (χ2v) is 12.4. The number of carbonyl (C=O) groups is 1. The van der Waals surface area contributed by atoms with Gasteiger partial charge in [-0.15, -0.1) is 11.3 Å². The molecule has 36 heavy (non-hydrogen) atoms. The normalized spacial score (nSPS) is 16.0. The third-order valence-electron chi connectivity index (χ3n) is 6.97. The molecule has 7 heteroatoms. The van der Waals surface area contributed by atoms with Crippen LogP contribution in [0.2, 0.25) is 0 Å². The van der Waals surface area contributed by atoms with E-state index < -0.39 is 10.0 Å². The zero-order chi connectivity index (χ0) is 25.4. The predicted octanol–water partition coefficient (Wildman–Crippen LogP) is 5.78. The molecule has 2 heterocycles. The fourth-order valence-corrected chi connectivity index (χ4v) is 7.84. The summed E-state index contributed by atoms with van der Waals surface area (Å²) in [6, 6.07) is 22.4. The number of rotatable bonds is 6. The van der Waals surface area contributed by atoms with E-state index in [1.807, 2.05) is 61.2 Å². The van der Waals surface area contributed by atoms with Crippen LogP contribution in [0.4, 0.5) is 0 Å². The van der Waals surface area contributed by atoms with Gasteiger partial charge in [-0.2, -0.15) is 4.31 Å². The van der Waals surface area contributed by atoms with Gasteiger partial charge in [0.2, 0.25) is 15.9 Å². The Kier molecular flexibility index (Phi) is 6.72. The molecule has 0 radical (unpaired) electrons. The van der Waals surface area contributed by atoms with Crippen LogP contribution in [0.5, 0.6) is 0 Å². The Balaban J connectivity index is 1.52. The molecule has 5 nitrogen and oxygen atoms in total. The van der Waals surface area contributed by atoms with Crippen LogP contribution in [0, 0.1) is 6.92 Å². The largest absolute Gasteiger partial charge is 0.330 e. The number of carbonyl (C=O) groups excluding carboxylic acids is 1. The van der Waals surface area contributed by atoms with Gasteiger partial charge in [0, 0.05) is 22.8 Å². The molecule has 3 aromatic carbocycles. The summed E-state index contributed by atoms with van der Waals surface area (Å²) in [6.07, 6.45) is 0.777. The number of benzene rings is 3. The van der Waals surface area contributed by atoms with Gasteiger partial charge < -0.3 is 4.90 Å². The van der Waals surface area contributed by atoms with E-state index in [0.29, 0.717) is 11.9 Å². The van der Waals surface area contributed by atoms with Crippen molar-refractivity contribution in [2.45, 2.75) is 44.2 Å². The van der Waals surface area contributed by atoms with Gasteiger partial charge in [0.1, 0.15) is 0 Å².